The molecule has 0 radical (unpaired) electrons. The molecule has 0 fully saturated rings. The number of nitriles is 1. The summed E-state index contributed by atoms with van der Waals surface area (Å²) >= 11 is 0. The number of benzene rings is 2. The van der Waals surface area contributed by atoms with Gasteiger partial charge in [0.15, 0.2) is 11.4 Å². The van der Waals surface area contributed by atoms with E-state index >= 15 is 0 Å². The summed E-state index contributed by atoms with van der Waals surface area (Å²) in [5.41, 5.74) is -0.695. The minimum Gasteiger partial charge on any atom is -0.381 e. The number of unbranched alkanes of at least 4 members (excludes halogenated alkanes) is 10. The first-order valence-corrected chi connectivity index (χ1v) is 14.4. The number of Topliss-reactive ketones (excluding diaryl/α,β-unsaturated/α-hetero) is 1. The number of rotatable bonds is 19. The Morgan fingerprint density at radius 1 is 0.757 bits per heavy atom. The van der Waals surface area contributed by atoms with E-state index in [-0.39, 0.29) is 18.6 Å². The van der Waals surface area contributed by atoms with Gasteiger partial charge in [-0.3, -0.25) is 4.79 Å². The van der Waals surface area contributed by atoms with Gasteiger partial charge in [0, 0.05) is 31.6 Å². The predicted molar refractivity (Wildman–Crippen MR) is 154 cm³/mol. The standard InChI is InChI=1S/C17H15NO2.C16H34O/c18-13-7-12-17(20,15-10-5-2-6-11-15)16(19)14-8-3-1-4-9-14;1-3-5-7-9-11-13-15-17-16-14-12-10-8-6-4-2/h1-6,8-11,20H,7,12H2;3-16H2,1-2H3. The van der Waals surface area contributed by atoms with Crippen molar-refractivity contribution >= 4 is 5.78 Å². The van der Waals surface area contributed by atoms with E-state index in [0.29, 0.717) is 11.1 Å². The van der Waals surface area contributed by atoms with Crippen molar-refractivity contribution in [2.75, 3.05) is 13.2 Å². The van der Waals surface area contributed by atoms with Gasteiger partial charge in [0.25, 0.3) is 0 Å². The molecule has 0 aliphatic heterocycles. The summed E-state index contributed by atoms with van der Waals surface area (Å²) in [6.07, 6.45) is 16.5. The van der Waals surface area contributed by atoms with Gasteiger partial charge in [-0.1, -0.05) is 139 Å². The van der Waals surface area contributed by atoms with Crippen LogP contribution in [-0.4, -0.2) is 24.1 Å². The molecule has 1 atom stereocenters. The Morgan fingerprint density at radius 2 is 1.22 bits per heavy atom. The van der Waals surface area contributed by atoms with Crippen molar-refractivity contribution in [1.29, 1.82) is 5.26 Å². The molecule has 2 aromatic rings. The van der Waals surface area contributed by atoms with Crippen molar-refractivity contribution in [3.8, 4) is 6.07 Å². The molecule has 0 heterocycles. The zero-order valence-corrected chi connectivity index (χ0v) is 23.3. The molecule has 4 nitrogen and oxygen atoms in total. The van der Waals surface area contributed by atoms with Gasteiger partial charge in [-0.15, -0.1) is 0 Å². The van der Waals surface area contributed by atoms with Gasteiger partial charge in [-0.2, -0.15) is 5.26 Å². The number of carbonyl (C=O) groups excluding carboxylic acids is 1. The Bertz CT molecular complexity index is 833. The number of aliphatic hydroxyl groups is 1. The highest BCUT2D eigenvalue weighted by Crippen LogP contribution is 2.30. The van der Waals surface area contributed by atoms with Gasteiger partial charge in [-0.25, -0.2) is 0 Å². The highest BCUT2D eigenvalue weighted by molar-refractivity contribution is 6.02. The monoisotopic (exact) mass is 507 g/mol. The van der Waals surface area contributed by atoms with Crippen molar-refractivity contribution in [3.63, 3.8) is 0 Å². The molecule has 37 heavy (non-hydrogen) atoms. The second-order valence-corrected chi connectivity index (χ2v) is 9.73. The molecule has 0 saturated carbocycles. The number of nitrogens with zero attached hydrogens (tertiary/aromatic N) is 1. The van der Waals surface area contributed by atoms with E-state index in [0.717, 1.165) is 13.2 Å². The predicted octanol–water partition coefficient (Wildman–Crippen LogP) is 8.78. The van der Waals surface area contributed by atoms with Crippen LogP contribution in [0.25, 0.3) is 0 Å². The molecule has 0 saturated heterocycles. The van der Waals surface area contributed by atoms with Crippen molar-refractivity contribution < 1.29 is 14.6 Å². The van der Waals surface area contributed by atoms with E-state index in [1.165, 1.54) is 77.0 Å². The molecular formula is C33H49NO3. The van der Waals surface area contributed by atoms with Gasteiger partial charge < -0.3 is 9.84 Å². The van der Waals surface area contributed by atoms with Crippen LogP contribution in [0.3, 0.4) is 0 Å². The zero-order chi connectivity index (χ0) is 27.0. The molecule has 2 aromatic carbocycles. The van der Waals surface area contributed by atoms with E-state index in [4.69, 9.17) is 10.00 Å². The molecular weight excluding hydrogens is 458 g/mol. The summed E-state index contributed by atoms with van der Waals surface area (Å²) in [5, 5.41) is 19.6. The van der Waals surface area contributed by atoms with Gasteiger partial charge in [0.1, 0.15) is 0 Å². The van der Waals surface area contributed by atoms with Crippen LogP contribution in [0.5, 0.6) is 0 Å². The van der Waals surface area contributed by atoms with Crippen molar-refractivity contribution in [1.82, 2.24) is 0 Å². The third-order valence-electron chi connectivity index (χ3n) is 6.55. The highest BCUT2D eigenvalue weighted by Gasteiger charge is 2.37. The lowest BCUT2D eigenvalue weighted by Gasteiger charge is -2.26. The second-order valence-electron chi connectivity index (χ2n) is 9.73. The second kappa shape index (κ2) is 21.6. The molecule has 2 rings (SSSR count). The van der Waals surface area contributed by atoms with E-state index < -0.39 is 5.60 Å². The molecule has 1 unspecified atom stereocenters. The molecule has 0 aromatic heterocycles. The van der Waals surface area contributed by atoms with E-state index in [1.54, 1.807) is 48.5 Å². The minimum absolute atomic E-state index is 0.0846. The lowest BCUT2D eigenvalue weighted by atomic mass is 9.82. The maximum Gasteiger partial charge on any atom is 0.198 e. The van der Waals surface area contributed by atoms with Crippen LogP contribution in [0.4, 0.5) is 0 Å². The fraction of sp³-hybridized carbons (Fsp3) is 0.576. The first-order valence-electron chi connectivity index (χ1n) is 14.4. The fourth-order valence-corrected chi connectivity index (χ4v) is 4.24. The van der Waals surface area contributed by atoms with E-state index in [2.05, 4.69) is 13.8 Å². The lowest BCUT2D eigenvalue weighted by Crippen LogP contribution is -2.35. The first kappa shape index (κ1) is 32.5. The van der Waals surface area contributed by atoms with Gasteiger partial charge in [0.2, 0.25) is 0 Å². The smallest absolute Gasteiger partial charge is 0.198 e. The van der Waals surface area contributed by atoms with Crippen LogP contribution in [0, 0.1) is 11.3 Å². The quantitative estimate of drug-likeness (QED) is 0.152. The highest BCUT2D eigenvalue weighted by atomic mass is 16.5. The Labute approximate surface area is 226 Å². The van der Waals surface area contributed by atoms with Gasteiger partial charge in [0.05, 0.1) is 6.07 Å². The summed E-state index contributed by atoms with van der Waals surface area (Å²) in [5.74, 6) is -0.375. The van der Waals surface area contributed by atoms with Crippen LogP contribution in [0.15, 0.2) is 60.7 Å². The van der Waals surface area contributed by atoms with Crippen molar-refractivity contribution in [3.05, 3.63) is 71.8 Å². The van der Waals surface area contributed by atoms with Crippen LogP contribution >= 0.6 is 0 Å². The normalized spacial score (nSPS) is 12.2. The molecule has 0 aliphatic rings. The number of hydrogen-bond donors (Lipinski definition) is 1. The largest absolute Gasteiger partial charge is 0.381 e. The van der Waals surface area contributed by atoms with Gasteiger partial charge >= 0.3 is 0 Å². The molecule has 204 valence electrons. The maximum absolute atomic E-state index is 12.6. The SMILES string of the molecule is CCCCCCCCOCCCCCCCC.N#CCCC(O)(C(=O)c1ccccc1)c1ccccc1. The van der Waals surface area contributed by atoms with Crippen LogP contribution in [0.2, 0.25) is 0 Å². The summed E-state index contributed by atoms with van der Waals surface area (Å²) in [6, 6.07) is 19.4. The van der Waals surface area contributed by atoms with Gasteiger partial charge in [-0.05, 0) is 18.4 Å². The Hall–Kier alpha value is -2.48. The fourth-order valence-electron chi connectivity index (χ4n) is 4.24. The van der Waals surface area contributed by atoms with Crippen LogP contribution in [0.1, 0.15) is 120 Å². The molecule has 1 N–H and O–H groups in total. The van der Waals surface area contributed by atoms with E-state index in [1.807, 2.05) is 18.2 Å². The number of hydrogen-bond acceptors (Lipinski definition) is 4. The average molecular weight is 508 g/mol. The number of ketones is 1. The minimum atomic E-state index is -1.65. The molecule has 4 heteroatoms. The molecule has 0 spiro atoms. The van der Waals surface area contributed by atoms with E-state index in [9.17, 15) is 9.90 Å². The van der Waals surface area contributed by atoms with Crippen molar-refractivity contribution in [2.45, 2.75) is 109 Å². The zero-order valence-electron chi connectivity index (χ0n) is 23.3. The van der Waals surface area contributed by atoms with Crippen LogP contribution < -0.4 is 0 Å². The third kappa shape index (κ3) is 14.1. The number of carbonyl (C=O) groups is 1. The topological polar surface area (TPSA) is 70.3 Å². The summed E-state index contributed by atoms with van der Waals surface area (Å²) in [6.45, 7) is 6.51. The van der Waals surface area contributed by atoms with Crippen molar-refractivity contribution in [2.24, 2.45) is 0 Å². The Balaban J connectivity index is 0.000000377. The molecule has 0 bridgehead atoms. The summed E-state index contributed by atoms with van der Waals surface area (Å²) < 4.78 is 5.65. The molecule has 0 aliphatic carbocycles. The first-order chi connectivity index (χ1) is 18.1. The van der Waals surface area contributed by atoms with Crippen LogP contribution in [-0.2, 0) is 10.3 Å². The third-order valence-corrected chi connectivity index (χ3v) is 6.55. The summed E-state index contributed by atoms with van der Waals surface area (Å²) in [7, 11) is 0. The summed E-state index contributed by atoms with van der Waals surface area (Å²) in [4.78, 5) is 12.6. The maximum atomic E-state index is 12.6. The Kier molecular flexibility index (Phi) is 19.0. The Morgan fingerprint density at radius 3 is 1.70 bits per heavy atom. The lowest BCUT2D eigenvalue weighted by molar-refractivity contribution is 0.0258. The molecule has 0 amide bonds. The number of ether oxygens (including phenoxy) is 1. The average Bonchev–Trinajstić information content (AvgIpc) is 2.95.